The van der Waals surface area contributed by atoms with Gasteiger partial charge >= 0.3 is 0 Å². The Balaban J connectivity index is 1.96. The first-order chi connectivity index (χ1) is 13.0. The fraction of sp³-hybridized carbons (Fsp3) is 0.250. The smallest absolute Gasteiger partial charge is 0.266 e. The molecule has 1 saturated heterocycles. The molecule has 0 unspecified atom stereocenters. The molecule has 1 aliphatic rings. The lowest BCUT2D eigenvalue weighted by molar-refractivity contribution is -0.122. The van der Waals surface area contributed by atoms with Crippen LogP contribution in [0.15, 0.2) is 46.3 Å². The summed E-state index contributed by atoms with van der Waals surface area (Å²) in [5.74, 6) is 1.85. The number of pyridine rings is 1. The van der Waals surface area contributed by atoms with E-state index in [1.807, 2.05) is 50.3 Å². The summed E-state index contributed by atoms with van der Waals surface area (Å²) in [6.07, 6.45) is 1.82. The van der Waals surface area contributed by atoms with E-state index in [2.05, 4.69) is 9.98 Å². The number of thioether (sulfide) groups is 1. The third-order valence-electron chi connectivity index (χ3n) is 4.02. The van der Waals surface area contributed by atoms with E-state index in [0.717, 1.165) is 11.3 Å². The van der Waals surface area contributed by atoms with Gasteiger partial charge in [0, 0.05) is 23.9 Å². The van der Waals surface area contributed by atoms with Crippen molar-refractivity contribution in [3.63, 3.8) is 0 Å². The summed E-state index contributed by atoms with van der Waals surface area (Å²) < 4.78 is 10.6. The molecule has 0 spiro atoms. The zero-order valence-electron chi connectivity index (χ0n) is 15.7. The predicted octanol–water partition coefficient (Wildman–Crippen LogP) is 4.03. The fourth-order valence-corrected chi connectivity index (χ4v) is 3.68. The highest BCUT2D eigenvalue weighted by Gasteiger charge is 2.32. The Labute approximate surface area is 162 Å². The van der Waals surface area contributed by atoms with Gasteiger partial charge in [-0.1, -0.05) is 6.07 Å². The molecule has 0 radical (unpaired) electrons. The Kier molecular flexibility index (Phi) is 5.81. The van der Waals surface area contributed by atoms with Crippen molar-refractivity contribution in [1.82, 2.24) is 9.88 Å². The highest BCUT2D eigenvalue weighted by molar-refractivity contribution is 8.18. The maximum Gasteiger partial charge on any atom is 0.266 e. The van der Waals surface area contributed by atoms with Gasteiger partial charge in [-0.05, 0) is 56.0 Å². The molecule has 1 fully saturated rings. The molecule has 1 aromatic heterocycles. The third-order valence-corrected chi connectivity index (χ3v) is 5.02. The number of aromatic nitrogens is 1. The maximum absolute atomic E-state index is 12.8. The molecule has 7 heteroatoms. The van der Waals surface area contributed by atoms with Crippen LogP contribution in [0.3, 0.4) is 0 Å². The van der Waals surface area contributed by atoms with E-state index in [9.17, 15) is 4.79 Å². The van der Waals surface area contributed by atoms with E-state index in [4.69, 9.17) is 9.47 Å². The average Bonchev–Trinajstić information content (AvgIpc) is 2.96. The van der Waals surface area contributed by atoms with Crippen molar-refractivity contribution < 1.29 is 14.3 Å². The molecule has 2 aromatic rings. The van der Waals surface area contributed by atoms with Crippen LogP contribution in [0, 0.1) is 6.92 Å². The van der Waals surface area contributed by atoms with E-state index in [1.165, 1.54) is 11.8 Å². The number of nitrogens with zero attached hydrogens (tertiary/aromatic N) is 3. The van der Waals surface area contributed by atoms with Gasteiger partial charge in [-0.25, -0.2) is 9.98 Å². The first-order valence-electron chi connectivity index (χ1n) is 8.51. The molecule has 2 heterocycles. The Bertz CT molecular complexity index is 924. The van der Waals surface area contributed by atoms with Gasteiger partial charge in [-0.3, -0.25) is 9.69 Å². The number of aryl methyl sites for hydroxylation is 1. The van der Waals surface area contributed by atoms with Crippen molar-refractivity contribution in [1.29, 1.82) is 0 Å². The molecule has 0 saturated carbocycles. The largest absolute Gasteiger partial charge is 0.497 e. The number of hydrogen-bond acceptors (Lipinski definition) is 6. The summed E-state index contributed by atoms with van der Waals surface area (Å²) in [6.45, 7) is 4.37. The summed E-state index contributed by atoms with van der Waals surface area (Å²) in [5, 5.41) is 0.624. The topological polar surface area (TPSA) is 64.0 Å². The number of methoxy groups -OCH3 is 2. The SMILES string of the molecule is CCN1C(=O)/C(=C/c2ccc(OC)cc2OC)S/C1=N/c1cccc(C)n1. The van der Waals surface area contributed by atoms with E-state index in [0.29, 0.717) is 33.9 Å². The average molecular weight is 383 g/mol. The minimum atomic E-state index is -0.0771. The van der Waals surface area contributed by atoms with Gasteiger partial charge in [0.05, 0.1) is 19.1 Å². The minimum absolute atomic E-state index is 0.0771. The lowest BCUT2D eigenvalue weighted by Crippen LogP contribution is -2.28. The van der Waals surface area contributed by atoms with Crippen LogP contribution in [0.25, 0.3) is 6.08 Å². The van der Waals surface area contributed by atoms with Crippen LogP contribution in [0.5, 0.6) is 11.5 Å². The summed E-state index contributed by atoms with van der Waals surface area (Å²) in [5.41, 5.74) is 1.69. The van der Waals surface area contributed by atoms with Crippen LogP contribution >= 0.6 is 11.8 Å². The lowest BCUT2D eigenvalue weighted by atomic mass is 10.1. The number of amides is 1. The van der Waals surface area contributed by atoms with E-state index in [-0.39, 0.29) is 5.91 Å². The van der Waals surface area contributed by atoms with Gasteiger partial charge < -0.3 is 9.47 Å². The highest BCUT2D eigenvalue weighted by Crippen LogP contribution is 2.36. The molecular weight excluding hydrogens is 362 g/mol. The van der Waals surface area contributed by atoms with Crippen LogP contribution in [-0.2, 0) is 4.79 Å². The van der Waals surface area contributed by atoms with Gasteiger partial charge in [0.25, 0.3) is 5.91 Å². The van der Waals surface area contributed by atoms with Crippen LogP contribution in [0.1, 0.15) is 18.2 Å². The standard InChI is InChI=1S/C20H21N3O3S/c1-5-23-19(24)17(11-14-9-10-15(25-3)12-16(14)26-4)27-20(23)22-18-8-6-7-13(2)21-18/h6-12H,5H2,1-4H3/b17-11-,22-20+. The predicted molar refractivity (Wildman–Crippen MR) is 109 cm³/mol. The van der Waals surface area contributed by atoms with Crippen molar-refractivity contribution >= 4 is 34.7 Å². The minimum Gasteiger partial charge on any atom is -0.497 e. The molecule has 1 aliphatic heterocycles. The van der Waals surface area contributed by atoms with Crippen molar-refractivity contribution in [2.75, 3.05) is 20.8 Å². The number of benzene rings is 1. The summed E-state index contributed by atoms with van der Waals surface area (Å²) in [7, 11) is 3.19. The van der Waals surface area contributed by atoms with E-state index in [1.54, 1.807) is 25.2 Å². The number of ether oxygens (including phenoxy) is 2. The highest BCUT2D eigenvalue weighted by atomic mass is 32.2. The van der Waals surface area contributed by atoms with Crippen LogP contribution < -0.4 is 9.47 Å². The molecule has 6 nitrogen and oxygen atoms in total. The number of carbonyl (C=O) groups is 1. The van der Waals surface area contributed by atoms with Crippen molar-refractivity contribution in [3.8, 4) is 11.5 Å². The van der Waals surface area contributed by atoms with Crippen molar-refractivity contribution in [2.24, 2.45) is 4.99 Å². The number of hydrogen-bond donors (Lipinski definition) is 0. The first kappa shape index (κ1) is 19.0. The lowest BCUT2D eigenvalue weighted by Gasteiger charge is -2.11. The van der Waals surface area contributed by atoms with Gasteiger partial charge in [0.15, 0.2) is 11.0 Å². The molecule has 0 N–H and O–H groups in total. The third kappa shape index (κ3) is 4.14. The fourth-order valence-electron chi connectivity index (χ4n) is 2.64. The molecule has 3 rings (SSSR count). The number of carbonyl (C=O) groups excluding carboxylic acids is 1. The second kappa shape index (κ2) is 8.26. The first-order valence-corrected chi connectivity index (χ1v) is 9.33. The Morgan fingerprint density at radius 2 is 2.04 bits per heavy atom. The van der Waals surface area contributed by atoms with Gasteiger partial charge in [0.1, 0.15) is 11.5 Å². The van der Waals surface area contributed by atoms with Gasteiger partial charge in [-0.2, -0.15) is 0 Å². The Hall–Kier alpha value is -2.80. The Morgan fingerprint density at radius 1 is 1.22 bits per heavy atom. The van der Waals surface area contributed by atoms with Crippen LogP contribution in [0.4, 0.5) is 5.82 Å². The number of rotatable bonds is 5. The molecule has 1 aromatic carbocycles. The van der Waals surface area contributed by atoms with Gasteiger partial charge in [-0.15, -0.1) is 0 Å². The summed E-state index contributed by atoms with van der Waals surface area (Å²) in [6, 6.07) is 11.1. The molecule has 0 atom stereocenters. The quantitative estimate of drug-likeness (QED) is 0.730. The molecular formula is C20H21N3O3S. The monoisotopic (exact) mass is 383 g/mol. The zero-order valence-corrected chi connectivity index (χ0v) is 16.5. The molecule has 0 bridgehead atoms. The molecule has 140 valence electrons. The van der Waals surface area contributed by atoms with Gasteiger partial charge in [0.2, 0.25) is 0 Å². The Morgan fingerprint density at radius 3 is 2.70 bits per heavy atom. The normalized spacial score (nSPS) is 17.0. The van der Waals surface area contributed by atoms with E-state index >= 15 is 0 Å². The van der Waals surface area contributed by atoms with Crippen molar-refractivity contribution in [2.45, 2.75) is 13.8 Å². The maximum atomic E-state index is 12.8. The molecule has 27 heavy (non-hydrogen) atoms. The summed E-state index contributed by atoms with van der Waals surface area (Å²) >= 11 is 1.34. The molecule has 1 amide bonds. The summed E-state index contributed by atoms with van der Waals surface area (Å²) in [4.78, 5) is 24.0. The molecule has 0 aliphatic carbocycles. The van der Waals surface area contributed by atoms with Crippen LogP contribution in [-0.4, -0.2) is 41.7 Å². The second-order valence-corrected chi connectivity index (χ2v) is 6.81. The number of likely N-dealkylation sites (N-methyl/N-ethyl adjacent to an activating group) is 1. The number of aliphatic imine (C=N–C) groups is 1. The van der Waals surface area contributed by atoms with Crippen LogP contribution in [0.2, 0.25) is 0 Å². The van der Waals surface area contributed by atoms with Crippen molar-refractivity contribution in [3.05, 3.63) is 52.6 Å². The second-order valence-electron chi connectivity index (χ2n) is 5.80. The zero-order chi connectivity index (χ0) is 19.4. The number of amidine groups is 1. The van der Waals surface area contributed by atoms with E-state index < -0.39 is 0 Å².